The summed E-state index contributed by atoms with van der Waals surface area (Å²) in [5.41, 5.74) is 6.63. The lowest BCUT2D eigenvalue weighted by Crippen LogP contribution is -2.45. The zero-order valence-electron chi connectivity index (χ0n) is 14.2. The highest BCUT2D eigenvalue weighted by Gasteiger charge is 2.35. The fourth-order valence-electron chi connectivity index (χ4n) is 2.83. The number of hydrogen-bond donors (Lipinski definition) is 2. The largest absolute Gasteiger partial charge is 0.312 e. The summed E-state index contributed by atoms with van der Waals surface area (Å²) in [6.45, 7) is 2.04. The molecule has 134 valence electrons. The number of rotatable bonds is 3. The first-order valence-electron chi connectivity index (χ1n) is 8.17. The number of nitrogens with zero attached hydrogens (tertiary/aromatic N) is 1. The van der Waals surface area contributed by atoms with E-state index in [2.05, 4.69) is 10.9 Å². The molecule has 2 aromatic rings. The summed E-state index contributed by atoms with van der Waals surface area (Å²) in [7, 11) is 0. The van der Waals surface area contributed by atoms with Gasteiger partial charge in [-0.3, -0.25) is 25.2 Å². The first kappa shape index (κ1) is 17.6. The highest BCUT2D eigenvalue weighted by Crippen LogP contribution is 2.25. The van der Waals surface area contributed by atoms with Gasteiger partial charge in [-0.15, -0.1) is 0 Å². The van der Waals surface area contributed by atoms with Crippen molar-refractivity contribution >= 4 is 23.4 Å². The number of benzene rings is 2. The molecule has 0 unspecified atom stereocenters. The van der Waals surface area contributed by atoms with Crippen molar-refractivity contribution in [1.29, 1.82) is 0 Å². The van der Waals surface area contributed by atoms with Crippen molar-refractivity contribution in [2.24, 2.45) is 5.92 Å². The summed E-state index contributed by atoms with van der Waals surface area (Å²) in [6.07, 6.45) is 0.0313. The molecule has 0 saturated carbocycles. The van der Waals surface area contributed by atoms with E-state index in [9.17, 15) is 18.8 Å². The van der Waals surface area contributed by atoms with Crippen molar-refractivity contribution in [3.63, 3.8) is 0 Å². The van der Waals surface area contributed by atoms with Crippen LogP contribution in [0.5, 0.6) is 0 Å². The first-order chi connectivity index (χ1) is 12.4. The minimum absolute atomic E-state index is 0.0313. The van der Waals surface area contributed by atoms with E-state index in [1.807, 2.05) is 13.0 Å². The van der Waals surface area contributed by atoms with Crippen LogP contribution < -0.4 is 15.8 Å². The molecular weight excluding hydrogens is 337 g/mol. The second-order valence-electron chi connectivity index (χ2n) is 6.19. The fourth-order valence-corrected chi connectivity index (χ4v) is 2.83. The summed E-state index contributed by atoms with van der Waals surface area (Å²) in [6, 6.07) is 12.5. The lowest BCUT2D eigenvalue weighted by molar-refractivity contribution is -0.126. The molecule has 0 spiro atoms. The topological polar surface area (TPSA) is 78.5 Å². The zero-order valence-corrected chi connectivity index (χ0v) is 14.2. The number of hydrogen-bond acceptors (Lipinski definition) is 3. The average Bonchev–Trinajstić information content (AvgIpc) is 3.02. The SMILES string of the molecule is Cc1cccc(C(=O)NNC(=O)[C@H]2CC(=O)N(c3ccc(F)cc3)C2)c1. The fraction of sp³-hybridized carbons (Fsp3) is 0.211. The van der Waals surface area contributed by atoms with Gasteiger partial charge >= 0.3 is 0 Å². The minimum atomic E-state index is -0.592. The van der Waals surface area contributed by atoms with E-state index in [1.165, 1.54) is 29.2 Å². The molecule has 0 radical (unpaired) electrons. The van der Waals surface area contributed by atoms with Crippen LogP contribution in [-0.2, 0) is 9.59 Å². The smallest absolute Gasteiger partial charge is 0.269 e. The number of amides is 3. The first-order valence-corrected chi connectivity index (χ1v) is 8.17. The predicted octanol–water partition coefficient (Wildman–Crippen LogP) is 1.95. The third kappa shape index (κ3) is 3.88. The maximum absolute atomic E-state index is 13.0. The molecule has 6 nitrogen and oxygen atoms in total. The van der Waals surface area contributed by atoms with Crippen LogP contribution in [0.25, 0.3) is 0 Å². The molecule has 1 heterocycles. The van der Waals surface area contributed by atoms with Gasteiger partial charge in [-0.2, -0.15) is 0 Å². The Morgan fingerprint density at radius 1 is 1.12 bits per heavy atom. The molecule has 3 rings (SSSR count). The number of anilines is 1. The number of aryl methyl sites for hydroxylation is 1. The molecule has 1 atom stereocenters. The van der Waals surface area contributed by atoms with E-state index < -0.39 is 23.5 Å². The van der Waals surface area contributed by atoms with Crippen LogP contribution in [0, 0.1) is 18.7 Å². The molecular formula is C19H18FN3O3. The third-order valence-electron chi connectivity index (χ3n) is 4.21. The molecule has 7 heteroatoms. The van der Waals surface area contributed by atoms with Gasteiger partial charge < -0.3 is 4.90 Å². The molecule has 26 heavy (non-hydrogen) atoms. The van der Waals surface area contributed by atoms with Gasteiger partial charge in [-0.05, 0) is 43.3 Å². The Labute approximate surface area is 150 Å². The highest BCUT2D eigenvalue weighted by atomic mass is 19.1. The van der Waals surface area contributed by atoms with Crippen LogP contribution in [0.1, 0.15) is 22.3 Å². The zero-order chi connectivity index (χ0) is 18.7. The highest BCUT2D eigenvalue weighted by molar-refractivity contribution is 6.01. The van der Waals surface area contributed by atoms with Gasteiger partial charge in [0.15, 0.2) is 0 Å². The van der Waals surface area contributed by atoms with Crippen LogP contribution in [0.4, 0.5) is 10.1 Å². The van der Waals surface area contributed by atoms with Crippen molar-refractivity contribution in [2.75, 3.05) is 11.4 Å². The lowest BCUT2D eigenvalue weighted by Gasteiger charge is -2.16. The number of hydrazine groups is 1. The second-order valence-corrected chi connectivity index (χ2v) is 6.19. The molecule has 2 aromatic carbocycles. The Morgan fingerprint density at radius 2 is 1.85 bits per heavy atom. The van der Waals surface area contributed by atoms with Gasteiger partial charge in [0.1, 0.15) is 5.82 Å². The van der Waals surface area contributed by atoms with Crippen molar-refractivity contribution in [3.05, 3.63) is 65.5 Å². The van der Waals surface area contributed by atoms with Crippen LogP contribution >= 0.6 is 0 Å². The van der Waals surface area contributed by atoms with Crippen molar-refractivity contribution in [3.8, 4) is 0 Å². The molecule has 1 aliphatic rings. The standard InChI is InChI=1S/C19H18FN3O3/c1-12-3-2-4-13(9-12)18(25)21-22-19(26)14-10-17(24)23(11-14)16-7-5-15(20)6-8-16/h2-9,14H,10-11H2,1H3,(H,21,25)(H,22,26)/t14-/m0/s1. The molecule has 1 saturated heterocycles. The Morgan fingerprint density at radius 3 is 2.54 bits per heavy atom. The summed E-state index contributed by atoms with van der Waals surface area (Å²) in [4.78, 5) is 37.9. The van der Waals surface area contributed by atoms with Crippen molar-refractivity contribution in [1.82, 2.24) is 10.9 Å². The Kier molecular flexibility index (Phi) is 4.97. The lowest BCUT2D eigenvalue weighted by atomic mass is 10.1. The van der Waals surface area contributed by atoms with Gasteiger partial charge in [0.05, 0.1) is 5.92 Å². The molecule has 2 N–H and O–H groups in total. The Balaban J connectivity index is 1.58. The predicted molar refractivity (Wildman–Crippen MR) is 93.6 cm³/mol. The van der Waals surface area contributed by atoms with E-state index in [0.29, 0.717) is 11.3 Å². The maximum atomic E-state index is 13.0. The number of carbonyl (C=O) groups excluding carboxylic acids is 3. The van der Waals surface area contributed by atoms with Gasteiger partial charge in [0.25, 0.3) is 5.91 Å². The van der Waals surface area contributed by atoms with Gasteiger partial charge in [-0.25, -0.2) is 4.39 Å². The van der Waals surface area contributed by atoms with Gasteiger partial charge in [0, 0.05) is 24.2 Å². The van der Waals surface area contributed by atoms with Crippen LogP contribution in [-0.4, -0.2) is 24.3 Å². The minimum Gasteiger partial charge on any atom is -0.312 e. The molecule has 0 aromatic heterocycles. The van der Waals surface area contributed by atoms with Gasteiger partial charge in [-0.1, -0.05) is 17.7 Å². The monoisotopic (exact) mass is 355 g/mol. The summed E-state index contributed by atoms with van der Waals surface area (Å²) < 4.78 is 13.0. The third-order valence-corrected chi connectivity index (χ3v) is 4.21. The summed E-state index contributed by atoms with van der Waals surface area (Å²) in [5.74, 6) is -2.08. The molecule has 0 bridgehead atoms. The molecule has 1 fully saturated rings. The van der Waals surface area contributed by atoms with Crippen LogP contribution in [0.15, 0.2) is 48.5 Å². The van der Waals surface area contributed by atoms with E-state index in [0.717, 1.165) is 5.56 Å². The number of nitrogens with one attached hydrogen (secondary N) is 2. The normalized spacial score (nSPS) is 16.5. The van der Waals surface area contributed by atoms with Crippen molar-refractivity contribution < 1.29 is 18.8 Å². The molecule has 1 aliphatic heterocycles. The number of carbonyl (C=O) groups is 3. The van der Waals surface area contributed by atoms with E-state index >= 15 is 0 Å². The second kappa shape index (κ2) is 7.35. The maximum Gasteiger partial charge on any atom is 0.269 e. The Bertz CT molecular complexity index is 851. The average molecular weight is 355 g/mol. The summed E-state index contributed by atoms with van der Waals surface area (Å²) >= 11 is 0. The van der Waals surface area contributed by atoms with E-state index in [-0.39, 0.29) is 18.9 Å². The van der Waals surface area contributed by atoms with Crippen LogP contribution in [0.3, 0.4) is 0 Å². The number of halogens is 1. The quantitative estimate of drug-likeness (QED) is 0.826. The Hall–Kier alpha value is -3.22. The molecule has 0 aliphatic carbocycles. The van der Waals surface area contributed by atoms with E-state index in [1.54, 1.807) is 18.2 Å². The van der Waals surface area contributed by atoms with Crippen molar-refractivity contribution in [2.45, 2.75) is 13.3 Å². The van der Waals surface area contributed by atoms with Crippen LogP contribution in [0.2, 0.25) is 0 Å². The summed E-state index contributed by atoms with van der Waals surface area (Å²) in [5, 5.41) is 0. The molecule has 3 amide bonds. The van der Waals surface area contributed by atoms with Gasteiger partial charge in [0.2, 0.25) is 11.8 Å². The van der Waals surface area contributed by atoms with E-state index in [4.69, 9.17) is 0 Å².